The topological polar surface area (TPSA) is 51.2 Å². The number of aryl methyl sites for hydroxylation is 1. The highest BCUT2D eigenvalue weighted by molar-refractivity contribution is 7.10. The molecule has 1 heterocycles. The summed E-state index contributed by atoms with van der Waals surface area (Å²) in [5.74, 6) is 0.713. The van der Waals surface area contributed by atoms with Crippen molar-refractivity contribution in [3.05, 3.63) is 64.5 Å². The molecular weight excluding hydrogens is 332 g/mol. The van der Waals surface area contributed by atoms with Crippen LogP contribution in [0, 0.1) is 0 Å². The lowest BCUT2D eigenvalue weighted by Gasteiger charge is -2.05. The number of aromatic nitrogens is 1. The molecule has 1 amide bonds. The van der Waals surface area contributed by atoms with Crippen LogP contribution in [0.4, 0.5) is 5.69 Å². The summed E-state index contributed by atoms with van der Waals surface area (Å²) >= 11 is 1.48. The van der Waals surface area contributed by atoms with Crippen LogP contribution in [0.2, 0.25) is 0 Å². The lowest BCUT2D eigenvalue weighted by Crippen LogP contribution is -2.14. The van der Waals surface area contributed by atoms with Crippen LogP contribution in [0.1, 0.15) is 17.5 Å². The number of amides is 1. The molecule has 0 fully saturated rings. The van der Waals surface area contributed by atoms with Gasteiger partial charge in [0.05, 0.1) is 19.2 Å². The zero-order chi connectivity index (χ0) is 17.6. The van der Waals surface area contributed by atoms with Gasteiger partial charge in [0.15, 0.2) is 0 Å². The van der Waals surface area contributed by atoms with E-state index in [1.807, 2.05) is 53.9 Å². The Labute approximate surface area is 151 Å². The number of rotatable bonds is 6. The van der Waals surface area contributed by atoms with Crippen molar-refractivity contribution in [2.45, 2.75) is 19.8 Å². The van der Waals surface area contributed by atoms with Gasteiger partial charge in [-0.05, 0) is 36.2 Å². The minimum Gasteiger partial charge on any atom is -0.496 e. The van der Waals surface area contributed by atoms with Crippen molar-refractivity contribution in [1.29, 1.82) is 0 Å². The molecule has 1 N–H and O–H groups in total. The van der Waals surface area contributed by atoms with Crippen LogP contribution in [0.25, 0.3) is 11.3 Å². The molecular formula is C20H20N2O2S. The van der Waals surface area contributed by atoms with Crippen molar-refractivity contribution in [2.24, 2.45) is 0 Å². The number of carbonyl (C=O) groups excluding carboxylic acids is 1. The molecule has 0 saturated heterocycles. The van der Waals surface area contributed by atoms with E-state index in [0.717, 1.165) is 34.1 Å². The largest absolute Gasteiger partial charge is 0.496 e. The predicted molar refractivity (Wildman–Crippen MR) is 102 cm³/mol. The molecule has 0 aliphatic heterocycles. The lowest BCUT2D eigenvalue weighted by molar-refractivity contribution is -0.115. The fourth-order valence-corrected chi connectivity index (χ4v) is 3.33. The van der Waals surface area contributed by atoms with Gasteiger partial charge in [-0.1, -0.05) is 31.2 Å². The van der Waals surface area contributed by atoms with Crippen molar-refractivity contribution >= 4 is 22.9 Å². The highest BCUT2D eigenvalue weighted by Gasteiger charge is 2.12. The fourth-order valence-electron chi connectivity index (χ4n) is 2.54. The Morgan fingerprint density at radius 1 is 1.16 bits per heavy atom. The van der Waals surface area contributed by atoms with E-state index in [9.17, 15) is 4.79 Å². The van der Waals surface area contributed by atoms with E-state index >= 15 is 0 Å². The summed E-state index contributed by atoms with van der Waals surface area (Å²) in [5, 5.41) is 5.65. The highest BCUT2D eigenvalue weighted by Crippen LogP contribution is 2.30. The van der Waals surface area contributed by atoms with Crippen LogP contribution in [0.5, 0.6) is 5.75 Å². The summed E-state index contributed by atoms with van der Waals surface area (Å²) in [6, 6.07) is 15.7. The van der Waals surface area contributed by atoms with E-state index < -0.39 is 0 Å². The van der Waals surface area contributed by atoms with Gasteiger partial charge in [-0.2, -0.15) is 0 Å². The molecule has 0 unspecified atom stereocenters. The van der Waals surface area contributed by atoms with Gasteiger partial charge in [0.25, 0.3) is 0 Å². The van der Waals surface area contributed by atoms with E-state index in [2.05, 4.69) is 17.2 Å². The number of ether oxygens (including phenoxy) is 1. The first kappa shape index (κ1) is 17.2. The number of nitrogens with zero attached hydrogens (tertiary/aromatic N) is 1. The number of hydrogen-bond donors (Lipinski definition) is 1. The second kappa shape index (κ2) is 7.94. The third kappa shape index (κ3) is 4.25. The van der Waals surface area contributed by atoms with Gasteiger partial charge in [0.2, 0.25) is 5.91 Å². The Balaban J connectivity index is 1.67. The third-order valence-electron chi connectivity index (χ3n) is 3.89. The number of methoxy groups -OCH3 is 1. The average Bonchev–Trinajstić information content (AvgIpc) is 3.10. The molecule has 4 nitrogen and oxygen atoms in total. The summed E-state index contributed by atoms with van der Waals surface area (Å²) in [6.07, 6.45) is 1.24. The molecule has 3 rings (SSSR count). The quantitative estimate of drug-likeness (QED) is 0.707. The monoisotopic (exact) mass is 352 g/mol. The molecule has 0 aliphatic carbocycles. The van der Waals surface area contributed by atoms with E-state index in [4.69, 9.17) is 4.74 Å². The van der Waals surface area contributed by atoms with Crippen LogP contribution in [-0.4, -0.2) is 18.0 Å². The lowest BCUT2D eigenvalue weighted by atomic mass is 10.1. The number of carbonyl (C=O) groups is 1. The molecule has 3 aromatic rings. The fraction of sp³-hybridized carbons (Fsp3) is 0.200. The van der Waals surface area contributed by atoms with Crippen LogP contribution < -0.4 is 10.1 Å². The number of anilines is 1. The number of benzene rings is 2. The summed E-state index contributed by atoms with van der Waals surface area (Å²) in [6.45, 7) is 2.11. The highest BCUT2D eigenvalue weighted by atomic mass is 32.1. The Morgan fingerprint density at radius 2 is 1.92 bits per heavy atom. The first-order valence-electron chi connectivity index (χ1n) is 8.16. The predicted octanol–water partition coefficient (Wildman–Crippen LogP) is 4.56. The van der Waals surface area contributed by atoms with E-state index in [-0.39, 0.29) is 12.3 Å². The minimum atomic E-state index is -0.0647. The minimum absolute atomic E-state index is 0.0647. The maximum Gasteiger partial charge on any atom is 0.231 e. The van der Waals surface area contributed by atoms with Gasteiger partial charge in [-0.3, -0.25) is 4.79 Å². The van der Waals surface area contributed by atoms with E-state index in [0.29, 0.717) is 0 Å². The average molecular weight is 352 g/mol. The molecule has 2 aromatic carbocycles. The van der Waals surface area contributed by atoms with Crippen molar-refractivity contribution in [2.75, 3.05) is 12.4 Å². The van der Waals surface area contributed by atoms with E-state index in [1.165, 1.54) is 16.9 Å². The van der Waals surface area contributed by atoms with Crippen molar-refractivity contribution in [3.63, 3.8) is 0 Å². The van der Waals surface area contributed by atoms with Gasteiger partial charge in [0.1, 0.15) is 10.8 Å². The molecule has 25 heavy (non-hydrogen) atoms. The van der Waals surface area contributed by atoms with Gasteiger partial charge in [-0.15, -0.1) is 11.3 Å². The SMILES string of the molecule is CCc1ccc(NC(=O)Cc2nc(-c3ccccc3OC)cs2)cc1. The molecule has 0 spiro atoms. The van der Waals surface area contributed by atoms with Crippen LogP contribution in [0.15, 0.2) is 53.9 Å². The second-order valence-corrected chi connectivity index (χ2v) is 6.54. The number of para-hydroxylation sites is 1. The molecule has 0 aliphatic rings. The first-order chi connectivity index (χ1) is 12.2. The van der Waals surface area contributed by atoms with Crippen molar-refractivity contribution in [3.8, 4) is 17.0 Å². The van der Waals surface area contributed by atoms with Crippen LogP contribution >= 0.6 is 11.3 Å². The summed E-state index contributed by atoms with van der Waals surface area (Å²) in [4.78, 5) is 16.8. The van der Waals surface area contributed by atoms with Crippen LogP contribution in [0.3, 0.4) is 0 Å². The Bertz CT molecular complexity index is 856. The Morgan fingerprint density at radius 3 is 2.64 bits per heavy atom. The summed E-state index contributed by atoms with van der Waals surface area (Å²) in [5.41, 5.74) is 3.82. The zero-order valence-corrected chi connectivity index (χ0v) is 15.1. The molecule has 5 heteroatoms. The molecule has 0 saturated carbocycles. The molecule has 0 radical (unpaired) electrons. The molecule has 128 valence electrons. The van der Waals surface area contributed by atoms with Crippen molar-refractivity contribution in [1.82, 2.24) is 4.98 Å². The van der Waals surface area contributed by atoms with Crippen molar-refractivity contribution < 1.29 is 9.53 Å². The normalized spacial score (nSPS) is 10.5. The zero-order valence-electron chi connectivity index (χ0n) is 14.3. The molecule has 0 bridgehead atoms. The maximum absolute atomic E-state index is 12.2. The summed E-state index contributed by atoms with van der Waals surface area (Å²) in [7, 11) is 1.64. The van der Waals surface area contributed by atoms with Gasteiger partial charge in [-0.25, -0.2) is 4.98 Å². The summed E-state index contributed by atoms with van der Waals surface area (Å²) < 4.78 is 5.37. The van der Waals surface area contributed by atoms with E-state index in [1.54, 1.807) is 7.11 Å². The Kier molecular flexibility index (Phi) is 5.46. The van der Waals surface area contributed by atoms with Gasteiger partial charge >= 0.3 is 0 Å². The molecule has 0 atom stereocenters. The Hall–Kier alpha value is -2.66. The first-order valence-corrected chi connectivity index (χ1v) is 9.04. The van der Waals surface area contributed by atoms with Gasteiger partial charge < -0.3 is 10.1 Å². The maximum atomic E-state index is 12.2. The number of nitrogens with one attached hydrogen (secondary N) is 1. The van der Waals surface area contributed by atoms with Crippen LogP contribution in [-0.2, 0) is 17.6 Å². The standard InChI is InChI=1S/C20H20N2O2S/c1-3-14-8-10-15(11-9-14)21-19(23)12-20-22-17(13-25-20)16-6-4-5-7-18(16)24-2/h4-11,13H,3,12H2,1-2H3,(H,21,23). The van der Waals surface area contributed by atoms with Gasteiger partial charge in [0, 0.05) is 16.6 Å². The third-order valence-corrected chi connectivity index (χ3v) is 4.74. The second-order valence-electron chi connectivity index (χ2n) is 5.60. The number of hydrogen-bond acceptors (Lipinski definition) is 4. The molecule has 1 aromatic heterocycles. The smallest absolute Gasteiger partial charge is 0.231 e. The number of thiazole rings is 1.